The number of rotatable bonds is 25. The predicted molar refractivity (Wildman–Crippen MR) is 138 cm³/mol. The fourth-order valence-electron chi connectivity index (χ4n) is 4.00. The molecule has 1 unspecified atom stereocenters. The van der Waals surface area contributed by atoms with Crippen molar-refractivity contribution >= 4 is 7.82 Å². The highest BCUT2D eigenvalue weighted by atomic mass is 31.2. The minimum Gasteiger partial charge on any atom is -0.327 e. The molecule has 5 nitrogen and oxygen atoms in total. The lowest BCUT2D eigenvalue weighted by Gasteiger charge is -2.29. The van der Waals surface area contributed by atoms with E-state index in [1.807, 2.05) is 0 Å². The lowest BCUT2D eigenvalue weighted by Crippen LogP contribution is -2.42. The summed E-state index contributed by atoms with van der Waals surface area (Å²) in [6.07, 6.45) is 23.0. The molecule has 0 fully saturated rings. The molecule has 32 heavy (non-hydrogen) atoms. The van der Waals surface area contributed by atoms with Gasteiger partial charge in [0.15, 0.2) is 0 Å². The molecule has 0 aliphatic carbocycles. The molecule has 6 heteroatoms. The quantitative estimate of drug-likeness (QED) is 0.0815. The van der Waals surface area contributed by atoms with Gasteiger partial charge in [0.2, 0.25) is 0 Å². The number of phosphoric acid groups is 1. The first kappa shape index (κ1) is 32.1. The summed E-state index contributed by atoms with van der Waals surface area (Å²) < 4.78 is 23.2. The highest BCUT2D eigenvalue weighted by Gasteiger charge is 2.23. The van der Waals surface area contributed by atoms with Crippen LogP contribution in [0, 0.1) is 0 Å². The SMILES string of the molecule is CCCCCCCCCCCCCCCCOP(=O)(O)OCC[N+](C)(C)CCCCCC. The summed E-state index contributed by atoms with van der Waals surface area (Å²) >= 11 is 0. The van der Waals surface area contributed by atoms with E-state index in [1.165, 1.54) is 103 Å². The number of phosphoric ester groups is 1. The Bertz CT molecular complexity index is 446. The molecule has 0 radical (unpaired) electrons. The second kappa shape index (κ2) is 21.6. The number of hydrogen-bond donors (Lipinski definition) is 1. The fraction of sp³-hybridized carbons (Fsp3) is 1.00. The number of likely N-dealkylation sites (N-methyl/N-ethyl adjacent to an activating group) is 1. The van der Waals surface area contributed by atoms with Crippen molar-refractivity contribution in [3.63, 3.8) is 0 Å². The van der Waals surface area contributed by atoms with E-state index in [9.17, 15) is 9.46 Å². The maximum Gasteiger partial charge on any atom is 0.472 e. The first-order valence-electron chi connectivity index (χ1n) is 13.8. The molecule has 0 aromatic carbocycles. The van der Waals surface area contributed by atoms with Gasteiger partial charge in [-0.25, -0.2) is 4.57 Å². The van der Waals surface area contributed by atoms with Gasteiger partial charge in [0.25, 0.3) is 0 Å². The fourth-order valence-corrected chi connectivity index (χ4v) is 4.74. The largest absolute Gasteiger partial charge is 0.472 e. The van der Waals surface area contributed by atoms with Crippen molar-refractivity contribution in [1.82, 2.24) is 0 Å². The molecule has 0 aliphatic heterocycles. The smallest absolute Gasteiger partial charge is 0.327 e. The van der Waals surface area contributed by atoms with E-state index in [0.717, 1.165) is 30.4 Å². The van der Waals surface area contributed by atoms with E-state index in [1.54, 1.807) is 0 Å². The Balaban J connectivity index is 3.50. The van der Waals surface area contributed by atoms with Gasteiger partial charge in [-0.15, -0.1) is 0 Å². The monoisotopic (exact) mass is 478 g/mol. The van der Waals surface area contributed by atoms with Gasteiger partial charge >= 0.3 is 7.82 Å². The summed E-state index contributed by atoms with van der Waals surface area (Å²) in [7, 11) is 0.380. The summed E-state index contributed by atoms with van der Waals surface area (Å²) in [6, 6.07) is 0. The first-order chi connectivity index (χ1) is 15.3. The van der Waals surface area contributed by atoms with Crippen LogP contribution in [0.1, 0.15) is 129 Å². The average Bonchev–Trinajstić information content (AvgIpc) is 2.73. The zero-order chi connectivity index (χ0) is 24.0. The molecule has 0 heterocycles. The molecular weight excluding hydrogens is 421 g/mol. The highest BCUT2D eigenvalue weighted by molar-refractivity contribution is 7.47. The van der Waals surface area contributed by atoms with E-state index in [0.29, 0.717) is 6.61 Å². The molecule has 0 saturated carbocycles. The van der Waals surface area contributed by atoms with Gasteiger partial charge in [0.1, 0.15) is 13.2 Å². The molecule has 194 valence electrons. The van der Waals surface area contributed by atoms with E-state index in [4.69, 9.17) is 9.05 Å². The van der Waals surface area contributed by atoms with Crippen molar-refractivity contribution in [1.29, 1.82) is 0 Å². The van der Waals surface area contributed by atoms with Crippen molar-refractivity contribution < 1.29 is 23.0 Å². The van der Waals surface area contributed by atoms with Crippen molar-refractivity contribution in [2.45, 2.75) is 129 Å². The predicted octanol–water partition coefficient (Wildman–Crippen LogP) is 8.26. The lowest BCUT2D eigenvalue weighted by atomic mass is 10.0. The number of quaternary nitrogens is 1. The first-order valence-corrected chi connectivity index (χ1v) is 15.3. The summed E-state index contributed by atoms with van der Waals surface area (Å²) in [5, 5.41) is 0. The Hall–Kier alpha value is 0.0700. The molecule has 0 bridgehead atoms. The molecule has 0 aliphatic rings. The maximum atomic E-state index is 12.0. The Morgan fingerprint density at radius 2 is 0.938 bits per heavy atom. The van der Waals surface area contributed by atoms with Crippen LogP contribution in [0.4, 0.5) is 0 Å². The van der Waals surface area contributed by atoms with Crippen LogP contribution in [0.2, 0.25) is 0 Å². The van der Waals surface area contributed by atoms with Crippen LogP contribution in [0.25, 0.3) is 0 Å². The third-order valence-corrected chi connectivity index (χ3v) is 7.34. The summed E-state index contributed by atoms with van der Waals surface area (Å²) in [5.74, 6) is 0. The topological polar surface area (TPSA) is 55.8 Å². The Kier molecular flexibility index (Phi) is 21.6. The minimum atomic E-state index is -3.91. The Morgan fingerprint density at radius 3 is 1.41 bits per heavy atom. The van der Waals surface area contributed by atoms with Crippen LogP contribution < -0.4 is 0 Å². The van der Waals surface area contributed by atoms with Crippen molar-refractivity contribution in [3.8, 4) is 0 Å². The van der Waals surface area contributed by atoms with Gasteiger partial charge in [0.05, 0.1) is 27.2 Å². The molecule has 0 spiro atoms. The molecule has 0 rings (SSSR count). The van der Waals surface area contributed by atoms with Crippen LogP contribution >= 0.6 is 7.82 Å². The van der Waals surface area contributed by atoms with Gasteiger partial charge in [-0.2, -0.15) is 0 Å². The van der Waals surface area contributed by atoms with Crippen molar-refractivity contribution in [2.75, 3.05) is 40.4 Å². The summed E-state index contributed by atoms with van der Waals surface area (Å²) in [4.78, 5) is 9.87. The Morgan fingerprint density at radius 1 is 0.562 bits per heavy atom. The van der Waals surface area contributed by atoms with Crippen LogP contribution in [-0.4, -0.2) is 49.8 Å². The van der Waals surface area contributed by atoms with Gasteiger partial charge in [-0.1, -0.05) is 110 Å². The second-order valence-electron chi connectivity index (χ2n) is 10.2. The maximum absolute atomic E-state index is 12.0. The highest BCUT2D eigenvalue weighted by Crippen LogP contribution is 2.43. The van der Waals surface area contributed by atoms with Gasteiger partial charge in [-0.05, 0) is 19.3 Å². The normalized spacial score (nSPS) is 14.0. The van der Waals surface area contributed by atoms with E-state index < -0.39 is 7.82 Å². The molecule has 1 atom stereocenters. The van der Waals surface area contributed by atoms with Crippen LogP contribution in [0.15, 0.2) is 0 Å². The van der Waals surface area contributed by atoms with Crippen LogP contribution in [0.3, 0.4) is 0 Å². The van der Waals surface area contributed by atoms with Crippen LogP contribution in [-0.2, 0) is 13.6 Å². The standard InChI is InChI=1S/C26H56NO4P/c1-5-7-9-11-12-13-14-15-16-17-18-19-20-22-25-30-32(28,29)31-26-24-27(3,4)23-21-10-8-6-2/h5-26H2,1-4H3/p+1. The molecular formula is C26H57NO4P+. The van der Waals surface area contributed by atoms with Crippen LogP contribution in [0.5, 0.6) is 0 Å². The van der Waals surface area contributed by atoms with Gasteiger partial charge in [0, 0.05) is 0 Å². The number of hydrogen-bond acceptors (Lipinski definition) is 3. The molecule has 1 N–H and O–H groups in total. The third kappa shape index (κ3) is 23.2. The zero-order valence-corrected chi connectivity index (χ0v) is 23.0. The van der Waals surface area contributed by atoms with Gasteiger partial charge < -0.3 is 9.38 Å². The van der Waals surface area contributed by atoms with E-state index >= 15 is 0 Å². The lowest BCUT2D eigenvalue weighted by molar-refractivity contribution is -0.890. The summed E-state index contributed by atoms with van der Waals surface area (Å²) in [5.41, 5.74) is 0. The number of nitrogens with zero attached hydrogens (tertiary/aromatic N) is 1. The van der Waals surface area contributed by atoms with E-state index in [2.05, 4.69) is 27.9 Å². The van der Waals surface area contributed by atoms with Crippen molar-refractivity contribution in [3.05, 3.63) is 0 Å². The minimum absolute atomic E-state index is 0.257. The average molecular weight is 479 g/mol. The third-order valence-electron chi connectivity index (χ3n) is 6.32. The van der Waals surface area contributed by atoms with Gasteiger partial charge in [-0.3, -0.25) is 9.05 Å². The molecule has 0 aromatic heterocycles. The van der Waals surface area contributed by atoms with E-state index in [-0.39, 0.29) is 6.61 Å². The molecule has 0 amide bonds. The summed E-state index contributed by atoms with van der Waals surface area (Å²) in [6.45, 7) is 6.84. The second-order valence-corrected chi connectivity index (χ2v) is 11.6. The number of unbranched alkanes of at least 4 members (excludes halogenated alkanes) is 16. The molecule has 0 aromatic rings. The van der Waals surface area contributed by atoms with Crippen molar-refractivity contribution in [2.24, 2.45) is 0 Å². The zero-order valence-electron chi connectivity index (χ0n) is 22.1. The Labute approximate surface area is 200 Å². The molecule has 0 saturated heterocycles.